The van der Waals surface area contributed by atoms with E-state index in [0.29, 0.717) is 0 Å². The lowest BCUT2D eigenvalue weighted by molar-refractivity contribution is -0.143. The molecular formula is C17H14ClFN2O3. The maximum atomic E-state index is 13.8. The first-order chi connectivity index (χ1) is 11.5. The predicted molar refractivity (Wildman–Crippen MR) is 84.5 cm³/mol. The number of likely N-dealkylation sites (tertiary alicyclic amines) is 1. The molecule has 2 bridgehead atoms. The van der Waals surface area contributed by atoms with E-state index in [1.165, 1.54) is 18.2 Å². The highest BCUT2D eigenvalue weighted by Crippen LogP contribution is 2.52. The molecule has 1 saturated carbocycles. The van der Waals surface area contributed by atoms with Crippen LogP contribution in [-0.4, -0.2) is 29.2 Å². The highest BCUT2D eigenvalue weighted by Gasteiger charge is 2.59. The van der Waals surface area contributed by atoms with E-state index in [1.54, 1.807) is 0 Å². The zero-order valence-corrected chi connectivity index (χ0v) is 13.3. The van der Waals surface area contributed by atoms with Crippen LogP contribution < -0.4 is 5.32 Å². The maximum Gasteiger partial charge on any atom is 0.244 e. The summed E-state index contributed by atoms with van der Waals surface area (Å²) in [5.74, 6) is -2.48. The molecule has 1 aliphatic heterocycles. The minimum absolute atomic E-state index is 0.0754. The van der Waals surface area contributed by atoms with Crippen molar-refractivity contribution < 1.29 is 18.8 Å². The molecule has 7 heteroatoms. The molecule has 0 spiro atoms. The first-order valence-electron chi connectivity index (χ1n) is 7.75. The number of carbonyl (C=O) groups excluding carboxylic acids is 3. The van der Waals surface area contributed by atoms with Gasteiger partial charge in [0.25, 0.3) is 0 Å². The molecule has 1 heterocycles. The summed E-state index contributed by atoms with van der Waals surface area (Å²) in [6.45, 7) is -0.407. The number of nitrogens with zero attached hydrogens (tertiary/aromatic N) is 1. The van der Waals surface area contributed by atoms with Crippen LogP contribution in [-0.2, 0) is 14.4 Å². The smallest absolute Gasteiger partial charge is 0.244 e. The van der Waals surface area contributed by atoms with Crippen LogP contribution in [0, 0.1) is 29.5 Å². The van der Waals surface area contributed by atoms with E-state index in [2.05, 4.69) is 5.32 Å². The lowest BCUT2D eigenvalue weighted by atomic mass is 9.85. The number of halogens is 2. The Morgan fingerprint density at radius 1 is 1.21 bits per heavy atom. The zero-order chi connectivity index (χ0) is 17.0. The van der Waals surface area contributed by atoms with Crippen molar-refractivity contribution >= 4 is 35.0 Å². The van der Waals surface area contributed by atoms with Gasteiger partial charge in [0.2, 0.25) is 17.7 Å². The first-order valence-corrected chi connectivity index (χ1v) is 8.12. The molecular weight excluding hydrogens is 335 g/mol. The Morgan fingerprint density at radius 3 is 2.46 bits per heavy atom. The van der Waals surface area contributed by atoms with E-state index >= 15 is 0 Å². The fraction of sp³-hybridized carbons (Fsp3) is 0.353. The molecule has 0 unspecified atom stereocenters. The first kappa shape index (κ1) is 15.3. The summed E-state index contributed by atoms with van der Waals surface area (Å²) in [5, 5.41) is 2.25. The lowest BCUT2D eigenvalue weighted by Gasteiger charge is -2.17. The van der Waals surface area contributed by atoms with E-state index in [0.717, 1.165) is 11.3 Å². The maximum absolute atomic E-state index is 13.8. The molecule has 1 saturated heterocycles. The van der Waals surface area contributed by atoms with E-state index in [9.17, 15) is 18.8 Å². The molecule has 4 atom stereocenters. The quantitative estimate of drug-likeness (QED) is 0.673. The van der Waals surface area contributed by atoms with Crippen LogP contribution in [0.15, 0.2) is 30.4 Å². The Kier molecular flexibility index (Phi) is 3.46. The van der Waals surface area contributed by atoms with Gasteiger partial charge in [-0.15, -0.1) is 0 Å². The average Bonchev–Trinajstić information content (AvgIpc) is 3.22. The zero-order valence-electron chi connectivity index (χ0n) is 12.5. The minimum Gasteiger partial charge on any atom is -0.322 e. The van der Waals surface area contributed by atoms with Crippen LogP contribution in [0.5, 0.6) is 0 Å². The van der Waals surface area contributed by atoms with Crippen LogP contribution in [0.1, 0.15) is 6.42 Å². The van der Waals surface area contributed by atoms with Gasteiger partial charge in [-0.3, -0.25) is 19.3 Å². The van der Waals surface area contributed by atoms with Crippen molar-refractivity contribution in [2.75, 3.05) is 11.9 Å². The van der Waals surface area contributed by atoms with Gasteiger partial charge in [-0.25, -0.2) is 4.39 Å². The van der Waals surface area contributed by atoms with Crippen molar-refractivity contribution in [3.63, 3.8) is 0 Å². The number of rotatable bonds is 3. The molecule has 1 N–H and O–H groups in total. The summed E-state index contributed by atoms with van der Waals surface area (Å²) in [5.41, 5.74) is -0.0754. The van der Waals surface area contributed by atoms with Crippen LogP contribution in [0.3, 0.4) is 0 Å². The number of benzene rings is 1. The lowest BCUT2D eigenvalue weighted by Crippen LogP contribution is -2.39. The standard InChI is InChI=1S/C17H14ClFN2O3/c18-10-2-1-3-11(15(10)19)20-12(22)7-21-16(23)13-8-4-5-9(6-8)14(13)17(21)24/h1-5,8-9,13-14H,6-7H2,(H,20,22)/t8-,9-,13-,14+/m0/s1. The van der Waals surface area contributed by atoms with Crippen molar-refractivity contribution in [3.8, 4) is 0 Å². The van der Waals surface area contributed by atoms with Crippen molar-refractivity contribution in [3.05, 3.63) is 41.2 Å². The molecule has 1 aromatic rings. The fourth-order valence-electron chi connectivity index (χ4n) is 4.05. The Bertz CT molecular complexity index is 764. The molecule has 4 rings (SSSR count). The fourth-order valence-corrected chi connectivity index (χ4v) is 4.23. The summed E-state index contributed by atoms with van der Waals surface area (Å²) < 4.78 is 13.8. The van der Waals surface area contributed by atoms with Crippen molar-refractivity contribution in [1.29, 1.82) is 0 Å². The van der Waals surface area contributed by atoms with Gasteiger partial charge >= 0.3 is 0 Å². The van der Waals surface area contributed by atoms with Gasteiger partial charge in [-0.2, -0.15) is 0 Å². The number of nitrogens with one attached hydrogen (secondary N) is 1. The van der Waals surface area contributed by atoms with Gasteiger partial charge in [-0.05, 0) is 30.4 Å². The van der Waals surface area contributed by atoms with Gasteiger partial charge in [-0.1, -0.05) is 29.8 Å². The van der Waals surface area contributed by atoms with E-state index in [1.807, 2.05) is 12.2 Å². The van der Waals surface area contributed by atoms with Gasteiger partial charge < -0.3 is 5.32 Å². The molecule has 3 aliphatic rings. The molecule has 0 aromatic heterocycles. The average molecular weight is 349 g/mol. The van der Waals surface area contributed by atoms with E-state index in [4.69, 9.17) is 11.6 Å². The third kappa shape index (κ3) is 2.17. The second-order valence-corrected chi connectivity index (χ2v) is 6.82. The normalized spacial score (nSPS) is 30.2. The number of anilines is 1. The highest BCUT2D eigenvalue weighted by molar-refractivity contribution is 6.31. The number of carbonyl (C=O) groups is 3. The Labute approximate surface area is 142 Å². The number of allylic oxidation sites excluding steroid dienone is 2. The molecule has 2 fully saturated rings. The van der Waals surface area contributed by atoms with E-state index < -0.39 is 18.3 Å². The van der Waals surface area contributed by atoms with Crippen molar-refractivity contribution in [2.45, 2.75) is 6.42 Å². The SMILES string of the molecule is O=C(CN1C(=O)[C@@H]2[C@H](C1=O)[C@H]1C=C[C@H]2C1)Nc1cccc(Cl)c1F. The van der Waals surface area contributed by atoms with Crippen LogP contribution in [0.2, 0.25) is 5.02 Å². The van der Waals surface area contributed by atoms with E-state index in [-0.39, 0.29) is 46.2 Å². The summed E-state index contributed by atoms with van der Waals surface area (Å²) in [6, 6.07) is 4.23. The monoisotopic (exact) mass is 348 g/mol. The second kappa shape index (κ2) is 5.41. The third-order valence-corrected chi connectivity index (χ3v) is 5.38. The summed E-state index contributed by atoms with van der Waals surface area (Å²) in [6.07, 6.45) is 4.81. The summed E-state index contributed by atoms with van der Waals surface area (Å²) in [7, 11) is 0. The predicted octanol–water partition coefficient (Wildman–Crippen LogP) is 2.22. The second-order valence-electron chi connectivity index (χ2n) is 6.41. The van der Waals surface area contributed by atoms with Gasteiger partial charge in [0.15, 0.2) is 5.82 Å². The number of hydrogen-bond acceptors (Lipinski definition) is 3. The van der Waals surface area contributed by atoms with Crippen LogP contribution in [0.4, 0.5) is 10.1 Å². The van der Waals surface area contributed by atoms with Crippen molar-refractivity contribution in [2.24, 2.45) is 23.7 Å². The molecule has 5 nitrogen and oxygen atoms in total. The largest absolute Gasteiger partial charge is 0.322 e. The van der Waals surface area contributed by atoms with Crippen molar-refractivity contribution in [1.82, 2.24) is 4.90 Å². The number of amides is 3. The molecule has 124 valence electrons. The van der Waals surface area contributed by atoms with Gasteiger partial charge in [0.1, 0.15) is 6.54 Å². The molecule has 1 aromatic carbocycles. The minimum atomic E-state index is -0.745. The topological polar surface area (TPSA) is 66.5 Å². The number of imide groups is 1. The molecule has 24 heavy (non-hydrogen) atoms. The summed E-state index contributed by atoms with van der Waals surface area (Å²) in [4.78, 5) is 38.1. The third-order valence-electron chi connectivity index (χ3n) is 5.09. The Morgan fingerprint density at radius 2 is 1.83 bits per heavy atom. The van der Waals surface area contributed by atoms with Gasteiger partial charge in [0.05, 0.1) is 22.5 Å². The molecule has 2 aliphatic carbocycles. The Balaban J connectivity index is 1.48. The Hall–Kier alpha value is -2.21. The molecule has 3 amide bonds. The number of fused-ring (bicyclic) bond motifs is 5. The number of hydrogen-bond donors (Lipinski definition) is 1. The van der Waals surface area contributed by atoms with Gasteiger partial charge in [0, 0.05) is 0 Å². The summed E-state index contributed by atoms with van der Waals surface area (Å²) >= 11 is 5.67. The molecule has 0 radical (unpaired) electrons. The van der Waals surface area contributed by atoms with Crippen LogP contribution in [0.25, 0.3) is 0 Å². The highest BCUT2D eigenvalue weighted by atomic mass is 35.5. The van der Waals surface area contributed by atoms with Crippen LogP contribution >= 0.6 is 11.6 Å².